The number of halogens is 5. The van der Waals surface area contributed by atoms with E-state index < -0.39 is 17.5 Å². The Balaban J connectivity index is 0.000000136. The molecule has 13 aromatic heterocycles. The van der Waals surface area contributed by atoms with E-state index in [-0.39, 0.29) is 17.3 Å². The number of aromatic nitrogens is 22. The van der Waals surface area contributed by atoms with Crippen LogP contribution < -0.4 is 45.9 Å². The summed E-state index contributed by atoms with van der Waals surface area (Å²) in [7, 11) is 0. The zero-order valence-electron chi connectivity index (χ0n) is 53.9. The largest absolute Gasteiger partial charge is 0.382 e. The first-order valence-corrected chi connectivity index (χ1v) is 31.0. The number of thiazole rings is 1. The average Bonchev–Trinajstić information content (AvgIpc) is 1.90. The summed E-state index contributed by atoms with van der Waals surface area (Å²) in [5.41, 5.74) is 49.0. The lowest BCUT2D eigenvalue weighted by molar-refractivity contribution is 0.572. The predicted octanol–water partition coefficient (Wildman–Crippen LogP) is 9.89. The number of benzene rings is 3. The first-order valence-electron chi connectivity index (χ1n) is 29.8. The maximum atomic E-state index is 13.4. The Bertz CT molecular complexity index is 4920. The fourth-order valence-electron chi connectivity index (χ4n) is 8.45. The normalized spacial score (nSPS) is 10.2. The van der Waals surface area contributed by atoms with Crippen LogP contribution in [0.2, 0.25) is 5.02 Å². The number of anilines is 8. The molecule has 16 rings (SSSR count). The first kappa shape index (κ1) is 72.2. The molecular formula is C66H63ClF4N30S. The Kier molecular flexibility index (Phi) is 24.9. The van der Waals surface area contributed by atoms with E-state index in [4.69, 9.17) is 57.5 Å². The monoisotopic (exact) mass is 1420 g/mol. The molecule has 0 aliphatic rings. The summed E-state index contributed by atoms with van der Waals surface area (Å²) in [4.78, 5) is 23.6. The highest BCUT2D eigenvalue weighted by molar-refractivity contribution is 7.12. The van der Waals surface area contributed by atoms with Crippen molar-refractivity contribution in [2.45, 2.75) is 13.8 Å². The molecule has 0 radical (unpaired) electrons. The van der Waals surface area contributed by atoms with Gasteiger partial charge in [0.05, 0.1) is 34.5 Å². The van der Waals surface area contributed by atoms with Gasteiger partial charge in [-0.15, -0.1) is 26.6 Å². The second-order valence-electron chi connectivity index (χ2n) is 20.5. The molecule has 0 bridgehead atoms. The van der Waals surface area contributed by atoms with Crippen molar-refractivity contribution in [1.82, 2.24) is 108 Å². The molecule has 0 aliphatic heterocycles. The van der Waals surface area contributed by atoms with Crippen molar-refractivity contribution in [1.29, 1.82) is 0 Å². The minimum absolute atomic E-state index is 0.152. The lowest BCUT2D eigenvalue weighted by Crippen LogP contribution is -2.02. The Hall–Kier alpha value is -14.1. The number of pyridine rings is 3. The van der Waals surface area contributed by atoms with E-state index in [1.165, 1.54) is 74.3 Å². The summed E-state index contributed by atoms with van der Waals surface area (Å²) >= 11 is 7.43. The van der Waals surface area contributed by atoms with E-state index in [1.807, 2.05) is 67.2 Å². The molecule has 0 spiro atoms. The highest BCUT2D eigenvalue weighted by atomic mass is 35.5. The molecule has 0 saturated heterocycles. The summed E-state index contributed by atoms with van der Waals surface area (Å²) in [5, 5.41) is 35.2. The van der Waals surface area contributed by atoms with Gasteiger partial charge in [0.15, 0.2) is 23.3 Å². The minimum Gasteiger partial charge on any atom is -0.382 e. The lowest BCUT2D eigenvalue weighted by atomic mass is 10.2. The van der Waals surface area contributed by atoms with Crippen LogP contribution in [0.15, 0.2) is 250 Å². The number of nitrogen functional groups attached to an aromatic ring is 8. The van der Waals surface area contributed by atoms with Crippen molar-refractivity contribution < 1.29 is 17.6 Å². The van der Waals surface area contributed by atoms with Gasteiger partial charge < -0.3 is 45.9 Å². The molecule has 0 aliphatic carbocycles. The third-order valence-electron chi connectivity index (χ3n) is 13.0. The molecule has 0 fully saturated rings. The Morgan fingerprint density at radius 1 is 0.363 bits per heavy atom. The highest BCUT2D eigenvalue weighted by Crippen LogP contribution is 2.20. The number of nitrogens with two attached hydrogens (primary N) is 8. The molecule has 16 aromatic rings. The van der Waals surface area contributed by atoms with Crippen molar-refractivity contribution in [2.75, 3.05) is 45.9 Å². The highest BCUT2D eigenvalue weighted by Gasteiger charge is 2.11. The second kappa shape index (κ2) is 35.2. The number of aryl methyl sites for hydroxylation is 2. The number of hydrogen-bond donors (Lipinski definition) is 8. The third kappa shape index (κ3) is 21.0. The first-order chi connectivity index (χ1) is 49.2. The van der Waals surface area contributed by atoms with E-state index >= 15 is 0 Å². The van der Waals surface area contributed by atoms with Crippen LogP contribution in [-0.2, 0) is 0 Å². The summed E-state index contributed by atoms with van der Waals surface area (Å²) in [6.07, 6.45) is 25.3. The molecule has 0 amide bonds. The Morgan fingerprint density at radius 2 is 0.824 bits per heavy atom. The van der Waals surface area contributed by atoms with Gasteiger partial charge in [-0.1, -0.05) is 29.8 Å². The molecule has 3 aromatic carbocycles. The van der Waals surface area contributed by atoms with Crippen molar-refractivity contribution in [3.63, 3.8) is 0 Å². The molecule has 16 N–H and O–H groups in total. The van der Waals surface area contributed by atoms with E-state index in [1.54, 1.807) is 165 Å². The molecule has 36 heteroatoms. The summed E-state index contributed by atoms with van der Waals surface area (Å²) < 4.78 is 64.5. The van der Waals surface area contributed by atoms with E-state index in [2.05, 4.69) is 70.7 Å². The number of rotatable bonds is 8. The van der Waals surface area contributed by atoms with Gasteiger partial charge in [0.2, 0.25) is 5.13 Å². The van der Waals surface area contributed by atoms with Crippen molar-refractivity contribution in [3.05, 3.63) is 290 Å². The standard InChI is InChI=1S/C10H9F2N3.C10H10FN3.C9H9N3.C8H7ClN4.C8H7FN4.C8H8N4.C7H7N5.C6H6N4S/c1-6-4-10(13)14-15(6)9-3-2-7(11)5-8(9)12;1-7-6-8(11)2-3-9(7)14-5-4-10(12)13-14;10-9-6-7-12(11-9)8-4-2-1-3-5-8;2*9-6-2-1-4-11-8(6)13-5-3-7(10)12-13;9-8-3-6-12(11-8)7-1-4-10-5-2-7;8-7-1-2-12(11-7)6-3-9-5-10-4-6;7-5-1-3-10(9-5)6-8-2-4-11-6/h2-5H,1H3,(H2,13,14);2-6H,1H3,(H2,12,13);1-7H,(H2,10,11);2*1-5H,(H2,10,12);1-6H,(H2,9,11);1-5H,(H2,8,11);1-4H,(H2,7,9). The predicted molar refractivity (Wildman–Crippen MR) is 383 cm³/mol. The van der Waals surface area contributed by atoms with E-state index in [0.717, 1.165) is 39.5 Å². The van der Waals surface area contributed by atoms with Crippen molar-refractivity contribution in [3.8, 4) is 45.2 Å². The smallest absolute Gasteiger partial charge is 0.210 e. The van der Waals surface area contributed by atoms with Crippen LogP contribution >= 0.6 is 22.9 Å². The minimum atomic E-state index is -0.666. The molecule has 518 valence electrons. The Labute approximate surface area is 587 Å². The molecule has 30 nitrogen and oxygen atoms in total. The second-order valence-corrected chi connectivity index (χ2v) is 21.8. The van der Waals surface area contributed by atoms with Gasteiger partial charge in [-0.2, -0.15) is 25.5 Å². The molecular weight excluding hydrogens is 1360 g/mol. The molecule has 102 heavy (non-hydrogen) atoms. The van der Waals surface area contributed by atoms with Crippen molar-refractivity contribution >= 4 is 69.5 Å². The fourth-order valence-corrected chi connectivity index (χ4v) is 9.24. The van der Waals surface area contributed by atoms with Gasteiger partial charge in [-0.05, 0) is 98.3 Å². The number of hydrogen-bond acceptors (Lipinski definition) is 23. The maximum absolute atomic E-state index is 13.4. The SMILES string of the molecule is Cc1cc(F)ccc1-n1ccc(N)n1.Cc1cc(N)nn1-c1ccc(F)cc1F.Nc1ccn(-c2ccccc2)n1.Nc1ccn(-c2ccncc2)n1.Nc1ccn(-c2cncnc2)n1.Nc1ccn(-c2ncccc2Cl)n1.Nc1ccn(-c2ncccc2F)n1.Nc1ccn(-c2nccs2)n1. The van der Waals surface area contributed by atoms with Crippen LogP contribution in [-0.4, -0.2) is 108 Å². The fraction of sp³-hybridized carbons (Fsp3) is 0.0303. The zero-order valence-corrected chi connectivity index (χ0v) is 55.5. The Morgan fingerprint density at radius 3 is 1.28 bits per heavy atom. The van der Waals surface area contributed by atoms with Crippen LogP contribution in [0, 0.1) is 37.1 Å². The molecule has 0 unspecified atom stereocenters. The third-order valence-corrected chi connectivity index (χ3v) is 14.1. The van der Waals surface area contributed by atoms with Crippen molar-refractivity contribution in [2.24, 2.45) is 0 Å². The molecule has 0 saturated carbocycles. The summed E-state index contributed by atoms with van der Waals surface area (Å²) in [6.45, 7) is 3.57. The lowest BCUT2D eigenvalue weighted by Gasteiger charge is -2.04. The van der Waals surface area contributed by atoms with Crippen LogP contribution in [0.4, 0.5) is 64.1 Å². The van der Waals surface area contributed by atoms with Crippen LogP contribution in [0.25, 0.3) is 45.2 Å². The van der Waals surface area contributed by atoms with Gasteiger partial charge in [0.25, 0.3) is 0 Å². The van der Waals surface area contributed by atoms with Crippen LogP contribution in [0.3, 0.4) is 0 Å². The summed E-state index contributed by atoms with van der Waals surface area (Å²) in [6, 6.07) is 41.4. The van der Waals surface area contributed by atoms with Crippen LogP contribution in [0.5, 0.6) is 0 Å². The van der Waals surface area contributed by atoms with Gasteiger partial charge >= 0.3 is 0 Å². The average molecular weight is 1420 g/mol. The van der Waals surface area contributed by atoms with Gasteiger partial charge in [0.1, 0.15) is 75.9 Å². The van der Waals surface area contributed by atoms with E-state index in [9.17, 15) is 17.6 Å². The maximum Gasteiger partial charge on any atom is 0.210 e. The van der Waals surface area contributed by atoms with E-state index in [0.29, 0.717) is 63.1 Å². The molecule has 0 atom stereocenters. The van der Waals surface area contributed by atoms with Crippen LogP contribution in [0.1, 0.15) is 11.3 Å². The zero-order chi connectivity index (χ0) is 72.5. The van der Waals surface area contributed by atoms with Gasteiger partial charge in [-0.3, -0.25) is 4.98 Å². The topological polar surface area (TPSA) is 428 Å². The quantitative estimate of drug-likeness (QED) is 0.0655. The summed E-state index contributed by atoms with van der Waals surface area (Å²) in [5.74, 6) is 2.38. The number of nitrogens with zero attached hydrogens (tertiary/aromatic N) is 22. The molecule has 13 heterocycles. The van der Waals surface area contributed by atoms with Gasteiger partial charge in [-0.25, -0.2) is 79.9 Å². The number of para-hydroxylation sites is 1. The van der Waals surface area contributed by atoms with Gasteiger partial charge in [0, 0.05) is 140 Å².